The van der Waals surface area contributed by atoms with E-state index in [1.165, 1.54) is 5.56 Å². The molecule has 1 aliphatic carbocycles. The lowest BCUT2D eigenvalue weighted by Crippen LogP contribution is -2.18. The van der Waals surface area contributed by atoms with E-state index in [2.05, 4.69) is 46.0 Å². The van der Waals surface area contributed by atoms with Crippen molar-refractivity contribution in [3.63, 3.8) is 0 Å². The number of hydrogen-bond acceptors (Lipinski definition) is 1. The second-order valence-electron chi connectivity index (χ2n) is 6.61. The quantitative estimate of drug-likeness (QED) is 0.840. The SMILES string of the molecule is Cc1cccc(NC(=O)C2C(C)(C)C2(C)C)c1C. The van der Waals surface area contributed by atoms with E-state index in [1.54, 1.807) is 0 Å². The van der Waals surface area contributed by atoms with Gasteiger partial charge < -0.3 is 5.32 Å². The minimum absolute atomic E-state index is 0.0921. The first-order chi connectivity index (χ1) is 8.19. The van der Waals surface area contributed by atoms with Gasteiger partial charge in [0.15, 0.2) is 0 Å². The third kappa shape index (κ3) is 1.75. The molecule has 1 N–H and O–H groups in total. The maximum absolute atomic E-state index is 12.4. The molecule has 18 heavy (non-hydrogen) atoms. The zero-order chi connectivity index (χ0) is 13.7. The molecule has 0 spiro atoms. The average Bonchev–Trinajstić information content (AvgIpc) is 2.65. The number of anilines is 1. The summed E-state index contributed by atoms with van der Waals surface area (Å²) in [4.78, 5) is 12.4. The second kappa shape index (κ2) is 3.84. The molecule has 0 aliphatic heterocycles. The Kier molecular flexibility index (Phi) is 2.80. The van der Waals surface area contributed by atoms with Crippen molar-refractivity contribution in [1.82, 2.24) is 0 Å². The summed E-state index contributed by atoms with van der Waals surface area (Å²) in [5.41, 5.74) is 3.49. The van der Waals surface area contributed by atoms with Crippen LogP contribution in [0.4, 0.5) is 5.69 Å². The van der Waals surface area contributed by atoms with Crippen LogP contribution in [-0.2, 0) is 4.79 Å². The Morgan fingerprint density at radius 3 is 2.17 bits per heavy atom. The molecule has 0 bridgehead atoms. The Bertz CT molecular complexity index is 486. The van der Waals surface area contributed by atoms with Crippen LogP contribution >= 0.6 is 0 Å². The van der Waals surface area contributed by atoms with Gasteiger partial charge in [0.05, 0.1) is 0 Å². The third-order valence-electron chi connectivity index (χ3n) is 5.15. The fourth-order valence-corrected chi connectivity index (χ4v) is 2.94. The van der Waals surface area contributed by atoms with E-state index in [9.17, 15) is 4.79 Å². The van der Waals surface area contributed by atoms with Crippen LogP contribution in [0.25, 0.3) is 0 Å². The van der Waals surface area contributed by atoms with Gasteiger partial charge in [-0.2, -0.15) is 0 Å². The molecule has 0 radical (unpaired) electrons. The number of carbonyl (C=O) groups excluding carboxylic acids is 1. The highest BCUT2D eigenvalue weighted by molar-refractivity contribution is 5.96. The summed E-state index contributed by atoms with van der Waals surface area (Å²) in [5.74, 6) is 0.253. The van der Waals surface area contributed by atoms with E-state index >= 15 is 0 Å². The van der Waals surface area contributed by atoms with Crippen molar-refractivity contribution < 1.29 is 4.79 Å². The van der Waals surface area contributed by atoms with Gasteiger partial charge >= 0.3 is 0 Å². The number of nitrogens with one attached hydrogen (secondary N) is 1. The van der Waals surface area contributed by atoms with E-state index in [0.29, 0.717) is 0 Å². The lowest BCUT2D eigenvalue weighted by molar-refractivity contribution is -0.118. The number of aryl methyl sites for hydroxylation is 1. The first-order valence-electron chi connectivity index (χ1n) is 6.56. The Morgan fingerprint density at radius 2 is 1.67 bits per heavy atom. The molecule has 1 fully saturated rings. The molecule has 1 aromatic rings. The van der Waals surface area contributed by atoms with Crippen LogP contribution in [0.2, 0.25) is 0 Å². The minimum atomic E-state index is 0.0921. The minimum Gasteiger partial charge on any atom is -0.326 e. The predicted molar refractivity (Wildman–Crippen MR) is 75.6 cm³/mol. The van der Waals surface area contributed by atoms with Crippen LogP contribution in [0.15, 0.2) is 18.2 Å². The molecule has 1 aliphatic rings. The van der Waals surface area contributed by atoms with E-state index < -0.39 is 0 Å². The van der Waals surface area contributed by atoms with Crippen LogP contribution in [0, 0.1) is 30.6 Å². The lowest BCUT2D eigenvalue weighted by Gasteiger charge is -2.11. The number of rotatable bonds is 2. The first-order valence-corrected chi connectivity index (χ1v) is 6.56. The molecule has 2 heteroatoms. The highest BCUT2D eigenvalue weighted by Gasteiger charge is 2.68. The van der Waals surface area contributed by atoms with Crippen molar-refractivity contribution in [2.45, 2.75) is 41.5 Å². The molecular formula is C16H23NO. The van der Waals surface area contributed by atoms with E-state index in [-0.39, 0.29) is 22.7 Å². The topological polar surface area (TPSA) is 29.1 Å². The summed E-state index contributed by atoms with van der Waals surface area (Å²) in [6.07, 6.45) is 0. The molecule has 1 amide bonds. The van der Waals surface area contributed by atoms with Crippen LogP contribution in [0.3, 0.4) is 0 Å². The molecule has 2 nitrogen and oxygen atoms in total. The third-order valence-corrected chi connectivity index (χ3v) is 5.15. The van der Waals surface area contributed by atoms with Crippen molar-refractivity contribution in [3.8, 4) is 0 Å². The Balaban J connectivity index is 2.17. The van der Waals surface area contributed by atoms with Gasteiger partial charge in [-0.1, -0.05) is 39.8 Å². The monoisotopic (exact) mass is 245 g/mol. The van der Waals surface area contributed by atoms with Crippen molar-refractivity contribution >= 4 is 11.6 Å². The molecule has 0 unspecified atom stereocenters. The lowest BCUT2D eigenvalue weighted by atomic mass is 10.0. The summed E-state index contributed by atoms with van der Waals surface area (Å²) >= 11 is 0. The van der Waals surface area contributed by atoms with Crippen molar-refractivity contribution in [2.24, 2.45) is 16.7 Å². The van der Waals surface area contributed by atoms with Gasteiger partial charge in [0.1, 0.15) is 0 Å². The smallest absolute Gasteiger partial charge is 0.228 e. The summed E-state index contributed by atoms with van der Waals surface area (Å²) in [7, 11) is 0. The second-order valence-corrected chi connectivity index (χ2v) is 6.61. The summed E-state index contributed by atoms with van der Waals surface area (Å²) in [6, 6.07) is 6.03. The Hall–Kier alpha value is -1.31. The first kappa shape index (κ1) is 13.1. The molecule has 0 atom stereocenters. The molecule has 1 saturated carbocycles. The van der Waals surface area contributed by atoms with Gasteiger partial charge in [-0.15, -0.1) is 0 Å². The fourth-order valence-electron chi connectivity index (χ4n) is 2.94. The average molecular weight is 245 g/mol. The summed E-state index contributed by atoms with van der Waals surface area (Å²) in [6.45, 7) is 12.8. The number of hydrogen-bond donors (Lipinski definition) is 1. The molecule has 98 valence electrons. The Labute approximate surface area is 110 Å². The van der Waals surface area contributed by atoms with Gasteiger partial charge in [-0.25, -0.2) is 0 Å². The van der Waals surface area contributed by atoms with Crippen molar-refractivity contribution in [2.75, 3.05) is 5.32 Å². The summed E-state index contributed by atoms with van der Waals surface area (Å²) in [5, 5.41) is 3.09. The number of benzene rings is 1. The fraction of sp³-hybridized carbons (Fsp3) is 0.562. The van der Waals surface area contributed by atoms with Crippen LogP contribution in [0.1, 0.15) is 38.8 Å². The molecule has 2 rings (SSSR count). The van der Waals surface area contributed by atoms with Gasteiger partial charge in [0.2, 0.25) is 5.91 Å². The van der Waals surface area contributed by atoms with Crippen LogP contribution < -0.4 is 5.32 Å². The number of amides is 1. The highest BCUT2D eigenvalue weighted by atomic mass is 16.2. The predicted octanol–water partition coefficient (Wildman–Crippen LogP) is 3.92. The maximum atomic E-state index is 12.4. The molecule has 1 aromatic carbocycles. The summed E-state index contributed by atoms with van der Waals surface area (Å²) < 4.78 is 0. The standard InChI is InChI=1S/C16H23NO/c1-10-8-7-9-12(11(10)2)17-14(18)13-15(3,4)16(13,5)6/h7-9,13H,1-6H3,(H,17,18). The molecule has 0 heterocycles. The van der Waals surface area contributed by atoms with Crippen LogP contribution in [-0.4, -0.2) is 5.91 Å². The largest absolute Gasteiger partial charge is 0.326 e. The maximum Gasteiger partial charge on any atom is 0.228 e. The van der Waals surface area contributed by atoms with Crippen molar-refractivity contribution in [3.05, 3.63) is 29.3 Å². The van der Waals surface area contributed by atoms with Gasteiger partial charge in [0.25, 0.3) is 0 Å². The highest BCUT2D eigenvalue weighted by Crippen LogP contribution is 2.68. The molecule has 0 saturated heterocycles. The van der Waals surface area contributed by atoms with Gasteiger partial charge in [0, 0.05) is 11.6 Å². The van der Waals surface area contributed by atoms with E-state index in [4.69, 9.17) is 0 Å². The van der Waals surface area contributed by atoms with Gasteiger partial charge in [-0.3, -0.25) is 4.79 Å². The molecule has 0 aromatic heterocycles. The zero-order valence-electron chi connectivity index (χ0n) is 12.2. The number of carbonyl (C=O) groups is 1. The van der Waals surface area contributed by atoms with Gasteiger partial charge in [-0.05, 0) is 41.9 Å². The zero-order valence-corrected chi connectivity index (χ0v) is 12.2. The van der Waals surface area contributed by atoms with Crippen molar-refractivity contribution in [1.29, 1.82) is 0 Å². The Morgan fingerprint density at radius 1 is 1.11 bits per heavy atom. The normalized spacial score (nSPS) is 20.6. The van der Waals surface area contributed by atoms with E-state index in [1.807, 2.05) is 19.1 Å². The van der Waals surface area contributed by atoms with E-state index in [0.717, 1.165) is 11.3 Å². The molecular weight excluding hydrogens is 222 g/mol. The van der Waals surface area contributed by atoms with Crippen LogP contribution in [0.5, 0.6) is 0 Å².